The van der Waals surface area contributed by atoms with Gasteiger partial charge in [-0.05, 0) is 48.1 Å². The number of fused-ring (bicyclic) bond motifs is 2. The van der Waals surface area contributed by atoms with E-state index in [0.29, 0.717) is 50.9 Å². The maximum atomic E-state index is 14.4. The smallest absolute Gasteiger partial charge is 0.383 e. The molecule has 0 amide bonds. The Morgan fingerprint density at radius 1 is 1.09 bits per heavy atom. The van der Waals surface area contributed by atoms with E-state index in [1.165, 1.54) is 18.5 Å². The number of halogens is 5. The van der Waals surface area contributed by atoms with E-state index in [1.807, 2.05) is 0 Å². The van der Waals surface area contributed by atoms with Crippen LogP contribution in [0.3, 0.4) is 0 Å². The number of nitrogens with zero attached hydrogens (tertiary/aromatic N) is 6. The van der Waals surface area contributed by atoms with Crippen LogP contribution in [0.4, 0.5) is 28.9 Å². The molecular formula is C31H27ClF4N8. The van der Waals surface area contributed by atoms with Crippen molar-refractivity contribution in [2.24, 2.45) is 5.41 Å². The Morgan fingerprint density at radius 2 is 1.86 bits per heavy atom. The van der Waals surface area contributed by atoms with E-state index in [9.17, 15) is 22.8 Å². The predicted octanol–water partition coefficient (Wildman–Crippen LogP) is 7.75. The molecule has 226 valence electrons. The molecule has 3 heterocycles. The van der Waals surface area contributed by atoms with Crippen LogP contribution in [0.15, 0.2) is 55.0 Å². The minimum Gasteiger partial charge on any atom is -0.383 e. The topological polar surface area (TPSA) is 104 Å². The van der Waals surface area contributed by atoms with Crippen LogP contribution in [-0.2, 0) is 5.54 Å². The van der Waals surface area contributed by atoms with E-state index in [0.717, 1.165) is 10.9 Å². The van der Waals surface area contributed by atoms with Gasteiger partial charge in [-0.2, -0.15) is 18.4 Å². The summed E-state index contributed by atoms with van der Waals surface area (Å²) < 4.78 is 57.1. The summed E-state index contributed by atoms with van der Waals surface area (Å²) in [6.45, 7) is 6.72. The summed E-state index contributed by atoms with van der Waals surface area (Å²) in [4.78, 5) is 8.58. The standard InChI is InChI=1S/C31H27ClF4N8/c1-29(2,3)16-40-26-17(12-37)13-39-27-22(26)10-19(11-23(27)32)41-28(20-5-4-6-24-21(20)9-18(33)14-38-24)25-15-44(43-42-25)30(7-8-30)31(34,35)36/h4-6,9-11,13-15,28,41H,7-8,16H2,1-3H3,(H,39,40). The Labute approximate surface area is 255 Å². The molecule has 2 aromatic carbocycles. The highest BCUT2D eigenvalue weighted by Gasteiger charge is 2.66. The molecule has 0 radical (unpaired) electrons. The van der Waals surface area contributed by atoms with Crippen LogP contribution in [0.1, 0.15) is 56.5 Å². The van der Waals surface area contributed by atoms with Crippen molar-refractivity contribution in [3.05, 3.63) is 82.6 Å². The van der Waals surface area contributed by atoms with Gasteiger partial charge in [0.15, 0.2) is 5.54 Å². The van der Waals surface area contributed by atoms with Crippen LogP contribution < -0.4 is 10.6 Å². The molecule has 2 N–H and O–H groups in total. The van der Waals surface area contributed by atoms with Crippen LogP contribution in [0.25, 0.3) is 21.8 Å². The lowest BCUT2D eigenvalue weighted by atomic mass is 9.96. The second-order valence-electron chi connectivity index (χ2n) is 12.2. The Bertz CT molecular complexity index is 1940. The number of pyridine rings is 2. The van der Waals surface area contributed by atoms with Crippen molar-refractivity contribution in [3.63, 3.8) is 0 Å². The summed E-state index contributed by atoms with van der Waals surface area (Å²) >= 11 is 6.70. The zero-order chi connectivity index (χ0) is 31.4. The molecule has 5 aromatic rings. The molecule has 1 aliphatic rings. The van der Waals surface area contributed by atoms with Crippen molar-refractivity contribution in [1.29, 1.82) is 5.26 Å². The number of rotatable bonds is 7. The Balaban J connectivity index is 1.50. The number of anilines is 2. The van der Waals surface area contributed by atoms with Gasteiger partial charge in [-0.3, -0.25) is 9.97 Å². The summed E-state index contributed by atoms with van der Waals surface area (Å²) in [5, 5.41) is 25.9. The molecule has 0 bridgehead atoms. The normalized spacial score (nSPS) is 15.2. The third kappa shape index (κ3) is 5.36. The van der Waals surface area contributed by atoms with Gasteiger partial charge >= 0.3 is 6.18 Å². The van der Waals surface area contributed by atoms with Crippen LogP contribution >= 0.6 is 11.6 Å². The van der Waals surface area contributed by atoms with E-state index >= 15 is 0 Å². The third-order valence-corrected chi connectivity index (χ3v) is 7.97. The number of benzene rings is 2. The lowest BCUT2D eigenvalue weighted by molar-refractivity contribution is -0.182. The maximum Gasteiger partial charge on any atom is 0.413 e. The molecule has 1 fully saturated rings. The fraction of sp³-hybridized carbons (Fsp3) is 0.323. The zero-order valence-corrected chi connectivity index (χ0v) is 24.7. The van der Waals surface area contributed by atoms with Crippen LogP contribution in [0.5, 0.6) is 0 Å². The number of aromatic nitrogens is 5. The molecule has 0 saturated heterocycles. The SMILES string of the molecule is CC(C)(C)CNc1c(C#N)cnc2c(Cl)cc(NC(c3cn(C4(C(F)(F)F)CC4)nn3)c3cccc4ncc(F)cc34)cc12. The average Bonchev–Trinajstić information content (AvgIpc) is 3.65. The molecule has 8 nitrogen and oxygen atoms in total. The molecule has 1 atom stereocenters. The molecule has 0 aliphatic heterocycles. The largest absolute Gasteiger partial charge is 0.413 e. The lowest BCUT2D eigenvalue weighted by Gasteiger charge is -2.23. The first-order valence-corrected chi connectivity index (χ1v) is 14.2. The molecule has 44 heavy (non-hydrogen) atoms. The van der Waals surface area contributed by atoms with Crippen molar-refractivity contribution >= 4 is 44.8 Å². The highest BCUT2D eigenvalue weighted by molar-refractivity contribution is 6.35. The number of hydrogen-bond acceptors (Lipinski definition) is 7. The van der Waals surface area contributed by atoms with Crippen molar-refractivity contribution < 1.29 is 17.6 Å². The van der Waals surface area contributed by atoms with Crippen LogP contribution in [0, 0.1) is 22.6 Å². The van der Waals surface area contributed by atoms with E-state index in [4.69, 9.17) is 11.6 Å². The number of hydrogen-bond donors (Lipinski definition) is 2. The second-order valence-corrected chi connectivity index (χ2v) is 12.6. The minimum atomic E-state index is -4.50. The number of nitrogens with one attached hydrogen (secondary N) is 2. The molecule has 6 rings (SSSR count). The van der Waals surface area contributed by atoms with E-state index in [1.54, 1.807) is 30.3 Å². The molecule has 1 aliphatic carbocycles. The Morgan fingerprint density at radius 3 is 2.55 bits per heavy atom. The molecule has 3 aromatic heterocycles. The average molecular weight is 623 g/mol. The fourth-order valence-corrected chi connectivity index (χ4v) is 5.49. The van der Waals surface area contributed by atoms with Gasteiger partial charge in [0.05, 0.1) is 45.7 Å². The maximum absolute atomic E-state index is 14.4. The first-order valence-electron chi connectivity index (χ1n) is 13.9. The van der Waals surface area contributed by atoms with E-state index in [-0.39, 0.29) is 29.0 Å². The van der Waals surface area contributed by atoms with E-state index < -0.39 is 23.6 Å². The summed E-state index contributed by atoms with van der Waals surface area (Å²) in [7, 11) is 0. The number of alkyl halides is 3. The van der Waals surface area contributed by atoms with Gasteiger partial charge in [-0.25, -0.2) is 9.07 Å². The monoisotopic (exact) mass is 622 g/mol. The highest BCUT2D eigenvalue weighted by atomic mass is 35.5. The predicted molar refractivity (Wildman–Crippen MR) is 160 cm³/mol. The van der Waals surface area contributed by atoms with Crippen LogP contribution in [-0.4, -0.2) is 37.7 Å². The van der Waals surface area contributed by atoms with Crippen molar-refractivity contribution in [3.8, 4) is 6.07 Å². The zero-order valence-electron chi connectivity index (χ0n) is 24.0. The Kier molecular flexibility index (Phi) is 7.12. The van der Waals surface area contributed by atoms with Crippen molar-refractivity contribution in [1.82, 2.24) is 25.0 Å². The quantitative estimate of drug-likeness (QED) is 0.179. The first-order chi connectivity index (χ1) is 20.8. The Hall–Kier alpha value is -4.50. The minimum absolute atomic E-state index is 0.0976. The van der Waals surface area contributed by atoms with Crippen LogP contribution in [0.2, 0.25) is 5.02 Å². The first kappa shape index (κ1) is 29.6. The van der Waals surface area contributed by atoms with Gasteiger partial charge in [0.2, 0.25) is 0 Å². The third-order valence-electron chi connectivity index (χ3n) is 7.69. The fourth-order valence-electron chi connectivity index (χ4n) is 5.23. The summed E-state index contributed by atoms with van der Waals surface area (Å²) in [5.74, 6) is -0.570. The van der Waals surface area contributed by atoms with Gasteiger partial charge in [0.1, 0.15) is 17.6 Å². The van der Waals surface area contributed by atoms with Gasteiger partial charge in [0.25, 0.3) is 0 Å². The van der Waals surface area contributed by atoms with Crippen molar-refractivity contribution in [2.75, 3.05) is 17.2 Å². The lowest BCUT2D eigenvalue weighted by Crippen LogP contribution is -2.35. The molecule has 1 saturated carbocycles. The highest BCUT2D eigenvalue weighted by Crippen LogP contribution is 2.55. The van der Waals surface area contributed by atoms with E-state index in [2.05, 4.69) is 57.8 Å². The second kappa shape index (κ2) is 10.6. The molecular weight excluding hydrogens is 596 g/mol. The summed E-state index contributed by atoms with van der Waals surface area (Å²) in [6, 6.07) is 11.2. The molecule has 1 unspecified atom stereocenters. The summed E-state index contributed by atoms with van der Waals surface area (Å²) in [6.07, 6.45) is -0.863. The van der Waals surface area contributed by atoms with Gasteiger partial charge in [-0.15, -0.1) is 5.10 Å². The summed E-state index contributed by atoms with van der Waals surface area (Å²) in [5.41, 5.74) is 0.798. The number of nitriles is 1. The molecule has 13 heteroatoms. The van der Waals surface area contributed by atoms with Gasteiger partial charge < -0.3 is 10.6 Å². The molecule has 0 spiro atoms. The van der Waals surface area contributed by atoms with Crippen molar-refractivity contribution in [2.45, 2.75) is 51.4 Å². The van der Waals surface area contributed by atoms with Gasteiger partial charge in [0, 0.05) is 29.2 Å². The van der Waals surface area contributed by atoms with Gasteiger partial charge in [-0.1, -0.05) is 49.7 Å².